The number of hydrogen-bond acceptors (Lipinski definition) is 6. The summed E-state index contributed by atoms with van der Waals surface area (Å²) < 4.78 is 0. The molecule has 0 saturated heterocycles. The minimum absolute atomic E-state index is 0.112. The molecule has 0 aliphatic carbocycles. The van der Waals surface area contributed by atoms with E-state index in [2.05, 4.69) is 20.3 Å². The van der Waals surface area contributed by atoms with Crippen LogP contribution in [0.2, 0.25) is 0 Å². The number of aryl methyl sites for hydroxylation is 2. The highest BCUT2D eigenvalue weighted by molar-refractivity contribution is 7.09. The number of aromatic nitrogens is 3. The lowest BCUT2D eigenvalue weighted by Gasteiger charge is -2.04. The summed E-state index contributed by atoms with van der Waals surface area (Å²) >= 11 is 1.65. The van der Waals surface area contributed by atoms with E-state index in [-0.39, 0.29) is 17.3 Å². The Morgan fingerprint density at radius 3 is 2.55 bits per heavy atom. The standard InChI is InChI=1S/C14H16N4O3S/c1-9-8-22-12(18-9)4-2-3-5-15-13(19)10-6-17-11(7-16-10)14(20)21/h6-8H,2-5H2,1H3,(H,15,19)(H,20,21). The van der Waals surface area contributed by atoms with Gasteiger partial charge in [-0.2, -0.15) is 0 Å². The lowest BCUT2D eigenvalue weighted by molar-refractivity contribution is 0.0689. The zero-order valence-corrected chi connectivity index (χ0v) is 12.9. The molecule has 2 aromatic rings. The molecule has 0 bridgehead atoms. The van der Waals surface area contributed by atoms with Gasteiger partial charge in [0.1, 0.15) is 5.69 Å². The van der Waals surface area contributed by atoms with E-state index in [0.29, 0.717) is 6.54 Å². The summed E-state index contributed by atoms with van der Waals surface area (Å²) in [6, 6.07) is 0. The Morgan fingerprint density at radius 2 is 1.95 bits per heavy atom. The Bertz CT molecular complexity index is 654. The number of thiazole rings is 1. The number of carboxylic acid groups (broad SMARTS) is 1. The van der Waals surface area contributed by atoms with Gasteiger partial charge in [-0.05, 0) is 26.2 Å². The van der Waals surface area contributed by atoms with Gasteiger partial charge >= 0.3 is 5.97 Å². The topological polar surface area (TPSA) is 105 Å². The molecular weight excluding hydrogens is 304 g/mol. The van der Waals surface area contributed by atoms with Gasteiger partial charge in [0.2, 0.25) is 0 Å². The Labute approximate surface area is 131 Å². The van der Waals surface area contributed by atoms with Gasteiger partial charge in [0.25, 0.3) is 5.91 Å². The average Bonchev–Trinajstić information content (AvgIpc) is 2.92. The Morgan fingerprint density at radius 1 is 1.23 bits per heavy atom. The zero-order valence-electron chi connectivity index (χ0n) is 12.1. The fourth-order valence-corrected chi connectivity index (χ4v) is 2.59. The zero-order chi connectivity index (χ0) is 15.9. The molecule has 2 N–H and O–H groups in total. The molecule has 0 saturated carbocycles. The second-order valence-corrected chi connectivity index (χ2v) is 5.63. The van der Waals surface area contributed by atoms with Crippen LogP contribution in [-0.2, 0) is 6.42 Å². The summed E-state index contributed by atoms with van der Waals surface area (Å²) in [5, 5.41) is 14.6. The van der Waals surface area contributed by atoms with Crippen LogP contribution in [0.1, 0.15) is 44.5 Å². The number of amides is 1. The van der Waals surface area contributed by atoms with E-state index in [1.165, 1.54) is 0 Å². The Balaban J connectivity index is 1.70. The largest absolute Gasteiger partial charge is 0.476 e. The summed E-state index contributed by atoms with van der Waals surface area (Å²) in [4.78, 5) is 34.2. The minimum atomic E-state index is -1.17. The van der Waals surface area contributed by atoms with Crippen LogP contribution in [0.4, 0.5) is 0 Å². The van der Waals surface area contributed by atoms with Gasteiger partial charge in [0.05, 0.1) is 17.4 Å². The molecule has 0 aliphatic rings. The summed E-state index contributed by atoms with van der Waals surface area (Å²) in [6.45, 7) is 2.50. The molecular formula is C14H16N4O3S. The maximum Gasteiger partial charge on any atom is 0.356 e. The van der Waals surface area contributed by atoms with Crippen molar-refractivity contribution in [2.75, 3.05) is 6.54 Å². The number of unbranched alkanes of at least 4 members (excludes halogenated alkanes) is 1. The maximum absolute atomic E-state index is 11.8. The van der Waals surface area contributed by atoms with Crippen molar-refractivity contribution in [3.05, 3.63) is 39.9 Å². The maximum atomic E-state index is 11.8. The van der Waals surface area contributed by atoms with Gasteiger partial charge in [-0.15, -0.1) is 11.3 Å². The first-order valence-corrected chi connectivity index (χ1v) is 7.69. The highest BCUT2D eigenvalue weighted by Crippen LogP contribution is 2.11. The molecule has 8 heteroatoms. The van der Waals surface area contributed by atoms with Crippen LogP contribution in [0, 0.1) is 6.92 Å². The van der Waals surface area contributed by atoms with E-state index in [9.17, 15) is 9.59 Å². The number of rotatable bonds is 7. The number of carbonyl (C=O) groups is 2. The third-order valence-electron chi connectivity index (χ3n) is 2.87. The predicted molar refractivity (Wildman–Crippen MR) is 81.1 cm³/mol. The molecule has 1 amide bonds. The van der Waals surface area contributed by atoms with Crippen molar-refractivity contribution in [3.8, 4) is 0 Å². The quantitative estimate of drug-likeness (QED) is 0.752. The van der Waals surface area contributed by atoms with Gasteiger partial charge in [-0.1, -0.05) is 0 Å². The van der Waals surface area contributed by atoms with Gasteiger partial charge in [0.15, 0.2) is 5.69 Å². The Hall–Kier alpha value is -2.35. The van der Waals surface area contributed by atoms with Crippen molar-refractivity contribution >= 4 is 23.2 Å². The molecule has 0 spiro atoms. The highest BCUT2D eigenvalue weighted by atomic mass is 32.1. The molecule has 0 unspecified atom stereocenters. The molecule has 22 heavy (non-hydrogen) atoms. The van der Waals surface area contributed by atoms with E-state index in [1.54, 1.807) is 11.3 Å². The van der Waals surface area contributed by atoms with E-state index >= 15 is 0 Å². The number of nitrogens with one attached hydrogen (secondary N) is 1. The van der Waals surface area contributed by atoms with Gasteiger partial charge < -0.3 is 10.4 Å². The summed E-state index contributed by atoms with van der Waals surface area (Å²) in [5.74, 6) is -1.52. The fraction of sp³-hybridized carbons (Fsp3) is 0.357. The van der Waals surface area contributed by atoms with E-state index < -0.39 is 5.97 Å². The number of carboxylic acids is 1. The molecule has 116 valence electrons. The van der Waals surface area contributed by atoms with Gasteiger partial charge in [-0.3, -0.25) is 4.79 Å². The van der Waals surface area contributed by atoms with Gasteiger partial charge in [-0.25, -0.2) is 19.7 Å². The molecule has 0 atom stereocenters. The molecule has 2 rings (SSSR count). The molecule has 2 aromatic heterocycles. The first kappa shape index (κ1) is 16.0. The third kappa shape index (κ3) is 4.59. The van der Waals surface area contributed by atoms with E-state index in [1.807, 2.05) is 12.3 Å². The molecule has 0 aromatic carbocycles. The SMILES string of the molecule is Cc1csc(CCCCNC(=O)c2cnc(C(=O)O)cn2)n1. The van der Waals surface area contributed by atoms with Crippen LogP contribution in [0.15, 0.2) is 17.8 Å². The smallest absolute Gasteiger partial charge is 0.356 e. The summed E-state index contributed by atoms with van der Waals surface area (Å²) in [6.07, 6.45) is 4.92. The normalized spacial score (nSPS) is 10.4. The van der Waals surface area contributed by atoms with E-state index in [4.69, 9.17) is 5.11 Å². The van der Waals surface area contributed by atoms with Crippen molar-refractivity contribution in [2.45, 2.75) is 26.2 Å². The van der Waals surface area contributed by atoms with Crippen molar-refractivity contribution < 1.29 is 14.7 Å². The number of carbonyl (C=O) groups excluding carboxylic acids is 1. The Kier molecular flexibility index (Phi) is 5.54. The highest BCUT2D eigenvalue weighted by Gasteiger charge is 2.10. The predicted octanol–water partition coefficient (Wildman–Crippen LogP) is 1.69. The number of aromatic carboxylic acids is 1. The van der Waals surface area contributed by atoms with Crippen LogP contribution in [0.5, 0.6) is 0 Å². The first-order valence-electron chi connectivity index (χ1n) is 6.81. The summed E-state index contributed by atoms with van der Waals surface area (Å²) in [5.41, 5.74) is 0.965. The lowest BCUT2D eigenvalue weighted by Crippen LogP contribution is -2.25. The van der Waals surface area contributed by atoms with Crippen LogP contribution in [0.3, 0.4) is 0 Å². The molecule has 0 fully saturated rings. The van der Waals surface area contributed by atoms with E-state index in [0.717, 1.165) is 42.4 Å². The van der Waals surface area contributed by atoms with Crippen LogP contribution in [-0.4, -0.2) is 38.5 Å². The molecule has 2 heterocycles. The number of nitrogens with zero attached hydrogens (tertiary/aromatic N) is 3. The monoisotopic (exact) mass is 320 g/mol. The van der Waals surface area contributed by atoms with Gasteiger partial charge in [0, 0.05) is 17.6 Å². The molecule has 0 aliphatic heterocycles. The molecule has 0 radical (unpaired) electrons. The average molecular weight is 320 g/mol. The molecule has 7 nitrogen and oxygen atoms in total. The second-order valence-electron chi connectivity index (χ2n) is 4.69. The van der Waals surface area contributed by atoms with Crippen molar-refractivity contribution in [1.82, 2.24) is 20.3 Å². The third-order valence-corrected chi connectivity index (χ3v) is 3.90. The number of hydrogen-bond donors (Lipinski definition) is 2. The van der Waals surface area contributed by atoms with Crippen LogP contribution >= 0.6 is 11.3 Å². The van der Waals surface area contributed by atoms with Crippen molar-refractivity contribution in [3.63, 3.8) is 0 Å². The summed E-state index contributed by atoms with van der Waals surface area (Å²) in [7, 11) is 0. The van der Waals surface area contributed by atoms with Crippen molar-refractivity contribution in [2.24, 2.45) is 0 Å². The van der Waals surface area contributed by atoms with Crippen LogP contribution < -0.4 is 5.32 Å². The lowest BCUT2D eigenvalue weighted by atomic mass is 10.2. The fourth-order valence-electron chi connectivity index (χ4n) is 1.77. The first-order chi connectivity index (χ1) is 10.6. The van der Waals surface area contributed by atoms with Crippen LogP contribution in [0.25, 0.3) is 0 Å². The second kappa shape index (κ2) is 7.60. The van der Waals surface area contributed by atoms with Crippen molar-refractivity contribution in [1.29, 1.82) is 0 Å². The minimum Gasteiger partial charge on any atom is -0.476 e.